The molecule has 1 N–H and O–H groups in total. The average molecular weight is 456 g/mol. The van der Waals surface area contributed by atoms with Crippen molar-refractivity contribution in [1.82, 2.24) is 25.1 Å². The number of amides is 1. The lowest BCUT2D eigenvalue weighted by Gasteiger charge is -2.34. The van der Waals surface area contributed by atoms with Gasteiger partial charge in [-0.1, -0.05) is 39.2 Å². The second kappa shape index (κ2) is 8.71. The maximum atomic E-state index is 12.4. The molecule has 4 rings (SSSR count). The number of hydrogen-bond acceptors (Lipinski definition) is 6. The predicted octanol–water partition coefficient (Wildman–Crippen LogP) is 2.49. The monoisotopic (exact) mass is 455 g/mol. The van der Waals surface area contributed by atoms with Crippen LogP contribution in [0.5, 0.6) is 0 Å². The summed E-state index contributed by atoms with van der Waals surface area (Å²) in [5.41, 5.74) is 2.84. The molecule has 0 saturated carbocycles. The van der Waals surface area contributed by atoms with Gasteiger partial charge in [0.2, 0.25) is 11.9 Å². The summed E-state index contributed by atoms with van der Waals surface area (Å²) in [7, 11) is 0. The number of para-hydroxylation sites is 1. The van der Waals surface area contributed by atoms with Gasteiger partial charge < -0.3 is 10.2 Å². The molecule has 1 aromatic heterocycles. The van der Waals surface area contributed by atoms with Crippen LogP contribution in [0.3, 0.4) is 0 Å². The second-order valence-electron chi connectivity index (χ2n) is 7.00. The molecule has 0 aliphatic carbocycles. The summed E-state index contributed by atoms with van der Waals surface area (Å²) < 4.78 is 2.78. The summed E-state index contributed by atoms with van der Waals surface area (Å²) in [6, 6.07) is 15.6. The first-order chi connectivity index (χ1) is 14.1. The smallest absolute Gasteiger partial charge is 0.250 e. The summed E-state index contributed by atoms with van der Waals surface area (Å²) in [5, 5.41) is 15.1. The lowest BCUT2D eigenvalue weighted by molar-refractivity contribution is -0.117. The number of benzene rings is 2. The van der Waals surface area contributed by atoms with E-state index < -0.39 is 0 Å². The van der Waals surface area contributed by atoms with Crippen LogP contribution in [0.2, 0.25) is 0 Å². The highest BCUT2D eigenvalue weighted by molar-refractivity contribution is 9.10. The van der Waals surface area contributed by atoms with Gasteiger partial charge in [0, 0.05) is 36.3 Å². The lowest BCUT2D eigenvalue weighted by Crippen LogP contribution is -2.49. The molecule has 0 bridgehead atoms. The summed E-state index contributed by atoms with van der Waals surface area (Å²) in [5.74, 6) is 0.722. The molecule has 1 saturated heterocycles. The van der Waals surface area contributed by atoms with E-state index in [1.165, 1.54) is 0 Å². The Morgan fingerprint density at radius 3 is 2.59 bits per heavy atom. The predicted molar refractivity (Wildman–Crippen MR) is 115 cm³/mol. The third-order valence-corrected chi connectivity index (χ3v) is 5.81. The van der Waals surface area contributed by atoms with E-state index in [2.05, 4.69) is 46.6 Å². The molecule has 29 heavy (non-hydrogen) atoms. The van der Waals surface area contributed by atoms with Crippen LogP contribution in [-0.2, 0) is 4.79 Å². The van der Waals surface area contributed by atoms with E-state index in [0.29, 0.717) is 6.54 Å². The number of nitrogens with zero attached hydrogens (tertiary/aromatic N) is 6. The van der Waals surface area contributed by atoms with Gasteiger partial charge in [-0.2, -0.15) is 4.68 Å². The first-order valence-corrected chi connectivity index (χ1v) is 10.3. The van der Waals surface area contributed by atoms with Crippen molar-refractivity contribution in [3.8, 4) is 5.69 Å². The summed E-state index contributed by atoms with van der Waals surface area (Å²) in [6.07, 6.45) is 0. The minimum absolute atomic E-state index is 0.00529. The van der Waals surface area contributed by atoms with Crippen molar-refractivity contribution < 1.29 is 4.79 Å². The molecule has 8 nitrogen and oxygen atoms in total. The zero-order valence-corrected chi connectivity index (χ0v) is 17.7. The molecule has 2 heterocycles. The number of anilines is 2. The Morgan fingerprint density at radius 2 is 1.86 bits per heavy atom. The lowest BCUT2D eigenvalue weighted by atomic mass is 10.2. The number of nitrogens with one attached hydrogen (secondary N) is 1. The molecule has 0 spiro atoms. The molecule has 1 aliphatic rings. The molecular formula is C20H22BrN7O. The van der Waals surface area contributed by atoms with Crippen molar-refractivity contribution in [3.63, 3.8) is 0 Å². The van der Waals surface area contributed by atoms with Crippen molar-refractivity contribution in [2.75, 3.05) is 42.9 Å². The van der Waals surface area contributed by atoms with Crippen molar-refractivity contribution >= 4 is 33.5 Å². The molecule has 0 atom stereocenters. The van der Waals surface area contributed by atoms with Gasteiger partial charge in [-0.25, -0.2) is 0 Å². The highest BCUT2D eigenvalue weighted by Crippen LogP contribution is 2.20. The van der Waals surface area contributed by atoms with E-state index >= 15 is 0 Å². The van der Waals surface area contributed by atoms with Crippen LogP contribution in [0.15, 0.2) is 53.0 Å². The van der Waals surface area contributed by atoms with Gasteiger partial charge in [-0.05, 0) is 53.2 Å². The average Bonchev–Trinajstić information content (AvgIpc) is 3.22. The van der Waals surface area contributed by atoms with Crippen molar-refractivity contribution in [1.29, 1.82) is 0 Å². The Morgan fingerprint density at radius 1 is 1.10 bits per heavy atom. The molecule has 2 aromatic carbocycles. The van der Waals surface area contributed by atoms with Crippen LogP contribution in [0, 0.1) is 6.92 Å². The zero-order valence-electron chi connectivity index (χ0n) is 16.1. The van der Waals surface area contributed by atoms with Crippen LogP contribution in [0.4, 0.5) is 11.6 Å². The fourth-order valence-corrected chi connectivity index (χ4v) is 3.59. The Labute approximate surface area is 177 Å². The fraction of sp³-hybridized carbons (Fsp3) is 0.300. The highest BCUT2D eigenvalue weighted by atomic mass is 79.9. The zero-order chi connectivity index (χ0) is 20.2. The van der Waals surface area contributed by atoms with Crippen molar-refractivity contribution in [2.45, 2.75) is 6.92 Å². The number of carbonyl (C=O) groups is 1. The van der Waals surface area contributed by atoms with Gasteiger partial charge in [-0.15, -0.1) is 0 Å². The third-order valence-electron chi connectivity index (χ3n) is 4.92. The quantitative estimate of drug-likeness (QED) is 0.636. The normalized spacial score (nSPS) is 14.8. The molecule has 1 aliphatic heterocycles. The molecule has 0 radical (unpaired) electrons. The largest absolute Gasteiger partial charge is 0.337 e. The van der Waals surface area contributed by atoms with E-state index in [1.807, 2.05) is 55.5 Å². The molecule has 3 aromatic rings. The van der Waals surface area contributed by atoms with Crippen LogP contribution >= 0.6 is 15.9 Å². The number of halogens is 1. The molecular weight excluding hydrogens is 434 g/mol. The number of carbonyl (C=O) groups excluding carboxylic acids is 1. The Hall–Kier alpha value is -2.78. The van der Waals surface area contributed by atoms with Gasteiger partial charge in [0.1, 0.15) is 0 Å². The number of aryl methyl sites for hydroxylation is 1. The number of hydrogen-bond donors (Lipinski definition) is 1. The minimum Gasteiger partial charge on any atom is -0.337 e. The minimum atomic E-state index is -0.00529. The third kappa shape index (κ3) is 4.63. The van der Waals surface area contributed by atoms with Crippen LogP contribution in [-0.4, -0.2) is 63.7 Å². The number of rotatable bonds is 5. The maximum Gasteiger partial charge on any atom is 0.250 e. The van der Waals surface area contributed by atoms with Gasteiger partial charge in [-0.3, -0.25) is 9.69 Å². The van der Waals surface area contributed by atoms with E-state index in [0.717, 1.165) is 53.5 Å². The Kier molecular flexibility index (Phi) is 5.86. The van der Waals surface area contributed by atoms with Crippen molar-refractivity contribution in [2.24, 2.45) is 0 Å². The molecule has 1 fully saturated rings. The number of tetrazole rings is 1. The van der Waals surface area contributed by atoms with Crippen LogP contribution < -0.4 is 10.2 Å². The molecule has 1 amide bonds. The molecule has 9 heteroatoms. The summed E-state index contributed by atoms with van der Waals surface area (Å²) in [6.45, 7) is 5.44. The summed E-state index contributed by atoms with van der Waals surface area (Å²) >= 11 is 3.48. The first-order valence-electron chi connectivity index (χ1n) is 9.47. The molecule has 0 unspecified atom stereocenters. The van der Waals surface area contributed by atoms with Crippen LogP contribution in [0.25, 0.3) is 5.69 Å². The first kappa shape index (κ1) is 19.5. The fourth-order valence-electron chi connectivity index (χ4n) is 3.35. The standard InChI is InChI=1S/C20H22BrN7O/c1-15-13-16(7-8-18(15)21)22-19(29)14-26-9-11-27(12-10-26)20-23-24-25-28(20)17-5-3-2-4-6-17/h2-8,13H,9-12,14H2,1H3,(H,22,29). The summed E-state index contributed by atoms with van der Waals surface area (Å²) in [4.78, 5) is 16.7. The van der Waals surface area contributed by atoms with Gasteiger partial charge in [0.15, 0.2) is 0 Å². The van der Waals surface area contributed by atoms with Crippen LogP contribution in [0.1, 0.15) is 5.56 Å². The number of aromatic nitrogens is 4. The van der Waals surface area contributed by atoms with Gasteiger partial charge in [0.05, 0.1) is 12.2 Å². The van der Waals surface area contributed by atoms with Crippen molar-refractivity contribution in [3.05, 3.63) is 58.6 Å². The number of piperazine rings is 1. The maximum absolute atomic E-state index is 12.4. The van der Waals surface area contributed by atoms with E-state index in [4.69, 9.17) is 0 Å². The Bertz CT molecular complexity index is 984. The topological polar surface area (TPSA) is 79.2 Å². The van der Waals surface area contributed by atoms with E-state index in [-0.39, 0.29) is 5.91 Å². The highest BCUT2D eigenvalue weighted by Gasteiger charge is 2.23. The SMILES string of the molecule is Cc1cc(NC(=O)CN2CCN(c3nnnn3-c3ccccc3)CC2)ccc1Br. The second-order valence-corrected chi connectivity index (χ2v) is 7.86. The molecule has 150 valence electrons. The van der Waals surface area contributed by atoms with E-state index in [1.54, 1.807) is 4.68 Å². The van der Waals surface area contributed by atoms with Gasteiger partial charge >= 0.3 is 0 Å². The van der Waals surface area contributed by atoms with Gasteiger partial charge in [0.25, 0.3) is 0 Å². The Balaban J connectivity index is 1.33. The van der Waals surface area contributed by atoms with E-state index in [9.17, 15) is 4.79 Å².